The number of amides is 1. The van der Waals surface area contributed by atoms with Crippen LogP contribution < -0.4 is 5.32 Å². The summed E-state index contributed by atoms with van der Waals surface area (Å²) in [5, 5.41) is 12.0. The average Bonchev–Trinajstić information content (AvgIpc) is 2.84. The number of ether oxygens (including phenoxy) is 1. The molecule has 0 spiro atoms. The Morgan fingerprint density at radius 1 is 1.58 bits per heavy atom. The Balaban J connectivity index is 2.70. The minimum atomic E-state index is -0.801. The van der Waals surface area contributed by atoms with Gasteiger partial charge >= 0.3 is 5.97 Å². The lowest BCUT2D eigenvalue weighted by Gasteiger charge is -2.28. The minimum Gasteiger partial charge on any atom is -0.464 e. The summed E-state index contributed by atoms with van der Waals surface area (Å²) >= 11 is 4.11. The van der Waals surface area contributed by atoms with Gasteiger partial charge in [-0.25, -0.2) is 4.79 Å². The van der Waals surface area contributed by atoms with Crippen molar-refractivity contribution in [1.29, 1.82) is 0 Å². The molecule has 0 aromatic rings. The van der Waals surface area contributed by atoms with Gasteiger partial charge in [-0.1, -0.05) is 0 Å². The zero-order valence-corrected chi connectivity index (χ0v) is 12.2. The van der Waals surface area contributed by atoms with Crippen molar-refractivity contribution in [2.45, 2.75) is 45.0 Å². The first-order valence-corrected chi connectivity index (χ1v) is 7.16. The van der Waals surface area contributed by atoms with Gasteiger partial charge in [-0.2, -0.15) is 12.6 Å². The second-order valence-corrected chi connectivity index (χ2v) is 4.88. The molecule has 0 aliphatic carbocycles. The van der Waals surface area contributed by atoms with Gasteiger partial charge in [0, 0.05) is 12.3 Å². The number of esters is 1. The van der Waals surface area contributed by atoms with Crippen LogP contribution in [0, 0.1) is 0 Å². The van der Waals surface area contributed by atoms with E-state index in [9.17, 15) is 14.7 Å². The van der Waals surface area contributed by atoms with E-state index < -0.39 is 18.3 Å². The van der Waals surface area contributed by atoms with Gasteiger partial charge in [0.25, 0.3) is 0 Å². The largest absolute Gasteiger partial charge is 0.464 e. The number of thiol groups is 1. The molecule has 1 amide bonds. The van der Waals surface area contributed by atoms with E-state index in [0.29, 0.717) is 19.6 Å². The number of nitrogens with zero attached hydrogens (tertiary/aromatic N) is 1. The highest BCUT2D eigenvalue weighted by atomic mass is 32.1. The van der Waals surface area contributed by atoms with Crippen LogP contribution in [0.3, 0.4) is 0 Å². The van der Waals surface area contributed by atoms with Crippen LogP contribution in [0.15, 0.2) is 0 Å². The molecule has 0 bridgehead atoms. The van der Waals surface area contributed by atoms with Crippen molar-refractivity contribution in [3.05, 3.63) is 0 Å². The molecule has 0 aromatic carbocycles. The Morgan fingerprint density at radius 2 is 2.26 bits per heavy atom. The van der Waals surface area contributed by atoms with Crippen molar-refractivity contribution in [1.82, 2.24) is 10.2 Å². The highest BCUT2D eigenvalue weighted by Crippen LogP contribution is 2.20. The second-order valence-electron chi connectivity index (χ2n) is 4.52. The molecule has 19 heavy (non-hydrogen) atoms. The highest BCUT2D eigenvalue weighted by Gasteiger charge is 2.37. The number of rotatable bonds is 6. The first kappa shape index (κ1) is 16.3. The average molecular weight is 290 g/mol. The Labute approximate surface area is 118 Å². The smallest absolute Gasteiger partial charge is 0.328 e. The number of hydrogen-bond donors (Lipinski definition) is 3. The van der Waals surface area contributed by atoms with Crippen LogP contribution in [0.5, 0.6) is 0 Å². The number of aliphatic hydroxyl groups is 1. The van der Waals surface area contributed by atoms with Crippen LogP contribution in [-0.2, 0) is 14.3 Å². The molecule has 2 N–H and O–H groups in total. The maximum atomic E-state index is 12.3. The molecule has 7 heteroatoms. The second kappa shape index (κ2) is 7.72. The summed E-state index contributed by atoms with van der Waals surface area (Å²) in [4.78, 5) is 25.6. The molecule has 6 nitrogen and oxygen atoms in total. The lowest BCUT2D eigenvalue weighted by molar-refractivity contribution is -0.153. The van der Waals surface area contributed by atoms with Crippen molar-refractivity contribution < 1.29 is 19.4 Å². The van der Waals surface area contributed by atoms with Gasteiger partial charge in [0.05, 0.1) is 12.6 Å². The summed E-state index contributed by atoms with van der Waals surface area (Å²) in [7, 11) is 0. The van der Waals surface area contributed by atoms with Crippen molar-refractivity contribution in [3.8, 4) is 0 Å². The van der Waals surface area contributed by atoms with Crippen molar-refractivity contribution in [2.75, 3.05) is 18.9 Å². The molecule has 1 heterocycles. The van der Waals surface area contributed by atoms with E-state index in [-0.39, 0.29) is 17.6 Å². The summed E-state index contributed by atoms with van der Waals surface area (Å²) in [5.74, 6) is -0.315. The number of carbonyl (C=O) groups excluding carboxylic acids is 2. The number of hydrogen-bond acceptors (Lipinski definition) is 6. The third kappa shape index (κ3) is 4.36. The number of nitrogens with one attached hydrogen (secondary N) is 1. The summed E-state index contributed by atoms with van der Waals surface area (Å²) in [6.07, 6.45) is 0.603. The first-order chi connectivity index (χ1) is 9.01. The summed E-state index contributed by atoms with van der Waals surface area (Å²) in [6.45, 7) is 4.12. The molecule has 3 atom stereocenters. The van der Waals surface area contributed by atoms with Gasteiger partial charge in [0.15, 0.2) is 0 Å². The Hall–Kier alpha value is -0.790. The molecule has 110 valence electrons. The zero-order chi connectivity index (χ0) is 14.4. The Morgan fingerprint density at radius 3 is 2.79 bits per heavy atom. The third-order valence-electron chi connectivity index (χ3n) is 3.02. The molecular formula is C12H22N2O4S. The number of likely N-dealkylation sites (tertiary alicyclic amines) is 1. The fourth-order valence-electron chi connectivity index (χ4n) is 2.21. The minimum absolute atomic E-state index is 0.216. The lowest BCUT2D eigenvalue weighted by Crippen LogP contribution is -2.53. The summed E-state index contributed by atoms with van der Waals surface area (Å²) in [5.41, 5.74) is 0. The normalized spacial score (nSPS) is 22.1. The van der Waals surface area contributed by atoms with E-state index in [2.05, 4.69) is 17.9 Å². The zero-order valence-electron chi connectivity index (χ0n) is 11.3. The number of aliphatic hydroxyl groups excluding tert-OH is 1. The van der Waals surface area contributed by atoms with E-state index >= 15 is 0 Å². The van der Waals surface area contributed by atoms with E-state index in [4.69, 9.17) is 4.74 Å². The molecule has 1 rings (SSSR count). The topological polar surface area (TPSA) is 78.9 Å². The first-order valence-electron chi connectivity index (χ1n) is 6.53. The van der Waals surface area contributed by atoms with Crippen LogP contribution in [-0.4, -0.2) is 59.1 Å². The summed E-state index contributed by atoms with van der Waals surface area (Å²) < 4.78 is 4.98. The van der Waals surface area contributed by atoms with Gasteiger partial charge < -0.3 is 14.7 Å². The van der Waals surface area contributed by atoms with Crippen molar-refractivity contribution in [3.63, 3.8) is 0 Å². The molecule has 0 aromatic heterocycles. The highest BCUT2D eigenvalue weighted by molar-refractivity contribution is 7.80. The monoisotopic (exact) mass is 290 g/mol. The predicted octanol–water partition coefficient (Wildman–Crippen LogP) is -0.233. The van der Waals surface area contributed by atoms with E-state index in [1.807, 2.05) is 0 Å². The molecular weight excluding hydrogens is 268 g/mol. The van der Waals surface area contributed by atoms with E-state index in [1.165, 1.54) is 11.8 Å². The maximum Gasteiger partial charge on any atom is 0.328 e. The van der Waals surface area contributed by atoms with Gasteiger partial charge in [0.2, 0.25) is 5.91 Å². The Kier molecular flexibility index (Phi) is 6.60. The fraction of sp³-hybridized carbons (Fsp3) is 0.833. The Bertz CT molecular complexity index is 325. The van der Waals surface area contributed by atoms with Gasteiger partial charge in [-0.15, -0.1) is 0 Å². The SMILES string of the molecule is CCOC(=O)[C@@H]1CCCN1C(=O)[C@H](CS)NC(C)O. The molecule has 1 aliphatic heterocycles. The van der Waals surface area contributed by atoms with E-state index in [0.717, 1.165) is 6.42 Å². The van der Waals surface area contributed by atoms with Gasteiger partial charge in [0.1, 0.15) is 12.3 Å². The van der Waals surface area contributed by atoms with Gasteiger partial charge in [-0.3, -0.25) is 10.1 Å². The molecule has 1 saturated heterocycles. The van der Waals surface area contributed by atoms with Crippen LogP contribution in [0.1, 0.15) is 26.7 Å². The number of carbonyl (C=O) groups is 2. The quantitative estimate of drug-likeness (QED) is 0.358. The molecule has 0 radical (unpaired) electrons. The molecule has 1 aliphatic rings. The van der Waals surface area contributed by atoms with Gasteiger partial charge in [-0.05, 0) is 26.7 Å². The van der Waals surface area contributed by atoms with Crippen LogP contribution in [0.4, 0.5) is 0 Å². The third-order valence-corrected chi connectivity index (χ3v) is 3.38. The van der Waals surface area contributed by atoms with Crippen molar-refractivity contribution in [2.24, 2.45) is 0 Å². The lowest BCUT2D eigenvalue weighted by atomic mass is 10.2. The standard InChI is InChI=1S/C12H22N2O4S/c1-3-18-12(17)10-5-4-6-14(10)11(16)9(7-19)13-8(2)15/h8-10,13,15,19H,3-7H2,1-2H3/t8?,9-,10-/m0/s1. The predicted molar refractivity (Wildman–Crippen MR) is 73.8 cm³/mol. The van der Waals surface area contributed by atoms with Crippen LogP contribution in [0.25, 0.3) is 0 Å². The maximum absolute atomic E-state index is 12.3. The van der Waals surface area contributed by atoms with Crippen LogP contribution >= 0.6 is 12.6 Å². The summed E-state index contributed by atoms with van der Waals surface area (Å²) in [6, 6.07) is -1.11. The fourth-order valence-corrected chi connectivity index (χ4v) is 2.47. The molecule has 1 fully saturated rings. The van der Waals surface area contributed by atoms with Crippen LogP contribution in [0.2, 0.25) is 0 Å². The van der Waals surface area contributed by atoms with E-state index in [1.54, 1.807) is 6.92 Å². The molecule has 0 saturated carbocycles. The molecule has 1 unspecified atom stereocenters. The van der Waals surface area contributed by atoms with Crippen molar-refractivity contribution >= 4 is 24.5 Å².